The Balaban J connectivity index is 1.26. The van der Waals surface area contributed by atoms with Gasteiger partial charge in [0.25, 0.3) is 0 Å². The Bertz CT molecular complexity index is 1590. The minimum absolute atomic E-state index is 0.473. The fourth-order valence-electron chi connectivity index (χ4n) is 5.17. The molecule has 5 aromatic rings. The van der Waals surface area contributed by atoms with Crippen LogP contribution in [0.15, 0.2) is 79.4 Å². The average molecular weight is 490 g/mol. The summed E-state index contributed by atoms with van der Waals surface area (Å²) in [6.07, 6.45) is 9.28. The molecule has 1 aliphatic heterocycles. The first-order valence-electron chi connectivity index (χ1n) is 12.4. The molecule has 0 amide bonds. The largest absolute Gasteiger partial charge is 0.389 e. The molecule has 0 aliphatic carbocycles. The maximum Gasteiger partial charge on any atom is 0.145 e. The molecule has 37 heavy (non-hydrogen) atoms. The summed E-state index contributed by atoms with van der Waals surface area (Å²) in [6, 6.07) is 20.5. The first kappa shape index (κ1) is 23.0. The molecule has 1 N–H and O–H groups in total. The van der Waals surface area contributed by atoms with Crippen LogP contribution in [0.25, 0.3) is 28.0 Å². The number of anilines is 1. The van der Waals surface area contributed by atoms with E-state index in [9.17, 15) is 10.4 Å². The highest BCUT2D eigenvalue weighted by Gasteiger charge is 2.32. The summed E-state index contributed by atoms with van der Waals surface area (Å²) >= 11 is 0. The van der Waals surface area contributed by atoms with E-state index >= 15 is 0 Å². The minimum Gasteiger partial charge on any atom is -0.389 e. The number of piperidine rings is 1. The zero-order chi connectivity index (χ0) is 25.4. The zero-order valence-electron chi connectivity index (χ0n) is 20.6. The second-order valence-corrected chi connectivity index (χ2v) is 9.76. The predicted octanol–water partition coefficient (Wildman–Crippen LogP) is 4.24. The van der Waals surface area contributed by atoms with E-state index in [0.717, 1.165) is 46.9 Å². The molecule has 1 fully saturated rings. The van der Waals surface area contributed by atoms with Crippen molar-refractivity contribution in [3.05, 3.63) is 90.6 Å². The highest BCUT2D eigenvalue weighted by molar-refractivity contribution is 5.75. The Kier molecular flexibility index (Phi) is 5.70. The molecule has 6 rings (SSSR count). The van der Waals surface area contributed by atoms with Crippen LogP contribution in [0.1, 0.15) is 24.1 Å². The van der Waals surface area contributed by atoms with Gasteiger partial charge in [-0.15, -0.1) is 0 Å². The third-order valence-corrected chi connectivity index (χ3v) is 7.20. The Labute approximate surface area is 215 Å². The molecular weight excluding hydrogens is 462 g/mol. The molecule has 0 spiro atoms. The molecular formula is C29H27N7O. The standard InChI is InChI=1S/C29H27N7O/c1-34-20-24(18-33-34)23-13-26(36-25(16-30)19-32-28(36)14-23)22-7-8-27(31-17-22)35-11-9-29(37,10-12-35)15-21-5-3-2-4-6-21/h2-8,13-14,17-20,37H,9-12,15H2,1H3. The van der Waals surface area contributed by atoms with E-state index in [0.29, 0.717) is 30.6 Å². The number of hydrogen-bond donors (Lipinski definition) is 1. The van der Waals surface area contributed by atoms with Crippen LogP contribution in [0.4, 0.5) is 5.82 Å². The highest BCUT2D eigenvalue weighted by atomic mass is 16.3. The number of nitrogens with zero attached hydrogens (tertiary/aromatic N) is 7. The molecule has 0 saturated carbocycles. The van der Waals surface area contributed by atoms with E-state index in [1.54, 1.807) is 10.9 Å². The van der Waals surface area contributed by atoms with Gasteiger partial charge in [-0.05, 0) is 48.2 Å². The Hall–Kier alpha value is -4.48. The molecule has 0 unspecified atom stereocenters. The first-order chi connectivity index (χ1) is 18.0. The number of aliphatic hydroxyl groups is 1. The van der Waals surface area contributed by atoms with Gasteiger partial charge < -0.3 is 10.0 Å². The van der Waals surface area contributed by atoms with Gasteiger partial charge in [-0.25, -0.2) is 9.97 Å². The monoisotopic (exact) mass is 489 g/mol. The van der Waals surface area contributed by atoms with Gasteiger partial charge in [-0.3, -0.25) is 9.08 Å². The van der Waals surface area contributed by atoms with Crippen molar-refractivity contribution < 1.29 is 5.11 Å². The Morgan fingerprint density at radius 1 is 0.946 bits per heavy atom. The lowest BCUT2D eigenvalue weighted by Gasteiger charge is -2.39. The fraction of sp³-hybridized carbons (Fsp3) is 0.241. The van der Waals surface area contributed by atoms with E-state index in [1.807, 2.05) is 72.5 Å². The second kappa shape index (κ2) is 9.19. The van der Waals surface area contributed by atoms with Crippen molar-refractivity contribution in [2.75, 3.05) is 18.0 Å². The van der Waals surface area contributed by atoms with Gasteiger partial charge in [0.2, 0.25) is 0 Å². The maximum absolute atomic E-state index is 11.1. The molecule has 8 heteroatoms. The topological polar surface area (TPSA) is 95.3 Å². The van der Waals surface area contributed by atoms with Crippen molar-refractivity contribution in [2.24, 2.45) is 7.05 Å². The van der Waals surface area contributed by atoms with Crippen LogP contribution >= 0.6 is 0 Å². The van der Waals surface area contributed by atoms with E-state index in [1.165, 1.54) is 0 Å². The molecule has 1 aliphatic rings. The third-order valence-electron chi connectivity index (χ3n) is 7.20. The second-order valence-electron chi connectivity index (χ2n) is 9.76. The number of hydrogen-bond acceptors (Lipinski definition) is 6. The summed E-state index contributed by atoms with van der Waals surface area (Å²) in [5.41, 5.74) is 5.35. The Morgan fingerprint density at radius 3 is 2.43 bits per heavy atom. The lowest BCUT2D eigenvalue weighted by atomic mass is 9.85. The van der Waals surface area contributed by atoms with E-state index in [2.05, 4.69) is 33.2 Å². The molecule has 0 atom stereocenters. The van der Waals surface area contributed by atoms with Gasteiger partial charge in [0.05, 0.1) is 23.7 Å². The highest BCUT2D eigenvalue weighted by Crippen LogP contribution is 2.32. The van der Waals surface area contributed by atoms with Gasteiger partial charge in [-0.2, -0.15) is 10.4 Å². The summed E-state index contributed by atoms with van der Waals surface area (Å²) < 4.78 is 3.63. The number of benzene rings is 1. The number of pyridine rings is 2. The molecule has 184 valence electrons. The summed E-state index contributed by atoms with van der Waals surface area (Å²) in [5, 5.41) is 25.1. The van der Waals surface area contributed by atoms with Crippen LogP contribution in [-0.4, -0.2) is 47.9 Å². The molecule has 5 heterocycles. The van der Waals surface area contributed by atoms with Crippen molar-refractivity contribution >= 4 is 11.5 Å². The fourth-order valence-corrected chi connectivity index (χ4v) is 5.17. The SMILES string of the molecule is Cn1cc(-c2cc(-c3ccc(N4CCC(O)(Cc5ccccc5)CC4)nc3)n3c(C#N)cnc3c2)cn1. The van der Waals surface area contributed by atoms with Crippen molar-refractivity contribution in [3.8, 4) is 28.5 Å². The molecule has 1 aromatic carbocycles. The summed E-state index contributed by atoms with van der Waals surface area (Å²) in [6.45, 7) is 1.49. The molecule has 1 saturated heterocycles. The van der Waals surface area contributed by atoms with E-state index in [-0.39, 0.29) is 0 Å². The van der Waals surface area contributed by atoms with Gasteiger partial charge in [0, 0.05) is 50.1 Å². The normalized spacial score (nSPS) is 15.1. The lowest BCUT2D eigenvalue weighted by molar-refractivity contribution is 0.0164. The van der Waals surface area contributed by atoms with Crippen molar-refractivity contribution in [3.63, 3.8) is 0 Å². The number of nitriles is 1. The van der Waals surface area contributed by atoms with Crippen molar-refractivity contribution in [1.29, 1.82) is 5.26 Å². The number of rotatable bonds is 5. The number of imidazole rings is 1. The van der Waals surface area contributed by atoms with Crippen LogP contribution in [0.2, 0.25) is 0 Å². The van der Waals surface area contributed by atoms with Crippen LogP contribution in [0, 0.1) is 11.3 Å². The summed E-state index contributed by atoms with van der Waals surface area (Å²) in [5.74, 6) is 0.885. The molecule has 0 radical (unpaired) electrons. The van der Waals surface area contributed by atoms with Gasteiger partial charge in [-0.1, -0.05) is 30.3 Å². The van der Waals surface area contributed by atoms with Crippen molar-refractivity contribution in [1.82, 2.24) is 24.1 Å². The van der Waals surface area contributed by atoms with Gasteiger partial charge >= 0.3 is 0 Å². The smallest absolute Gasteiger partial charge is 0.145 e. The van der Waals surface area contributed by atoms with Crippen LogP contribution < -0.4 is 4.90 Å². The molecule has 0 bridgehead atoms. The third kappa shape index (κ3) is 4.46. The molecule has 8 nitrogen and oxygen atoms in total. The van der Waals surface area contributed by atoms with E-state index < -0.39 is 5.60 Å². The maximum atomic E-state index is 11.1. The number of aromatic nitrogens is 5. The van der Waals surface area contributed by atoms with Crippen LogP contribution in [0.3, 0.4) is 0 Å². The molecule has 4 aromatic heterocycles. The van der Waals surface area contributed by atoms with Gasteiger partial charge in [0.15, 0.2) is 0 Å². The van der Waals surface area contributed by atoms with Crippen LogP contribution in [-0.2, 0) is 13.5 Å². The quantitative estimate of drug-likeness (QED) is 0.397. The summed E-state index contributed by atoms with van der Waals surface area (Å²) in [4.78, 5) is 11.5. The van der Waals surface area contributed by atoms with Crippen molar-refractivity contribution in [2.45, 2.75) is 24.9 Å². The van der Waals surface area contributed by atoms with Crippen LogP contribution in [0.5, 0.6) is 0 Å². The number of aryl methyl sites for hydroxylation is 1. The lowest BCUT2D eigenvalue weighted by Crippen LogP contribution is -2.46. The average Bonchev–Trinajstić information content (AvgIpc) is 3.55. The predicted molar refractivity (Wildman–Crippen MR) is 142 cm³/mol. The number of fused-ring (bicyclic) bond motifs is 1. The summed E-state index contributed by atoms with van der Waals surface area (Å²) in [7, 11) is 1.89. The minimum atomic E-state index is -0.689. The Morgan fingerprint density at radius 2 is 1.76 bits per heavy atom. The first-order valence-corrected chi connectivity index (χ1v) is 12.4. The van der Waals surface area contributed by atoms with Gasteiger partial charge in [0.1, 0.15) is 23.2 Å². The van der Waals surface area contributed by atoms with E-state index in [4.69, 9.17) is 4.98 Å². The zero-order valence-corrected chi connectivity index (χ0v) is 20.6.